The van der Waals surface area contributed by atoms with Crippen LogP contribution in [0.15, 0.2) is 180 Å². The number of para-hydroxylation sites is 2. The maximum absolute atomic E-state index is 5.19. The summed E-state index contributed by atoms with van der Waals surface area (Å²) in [6, 6.07) is 59.7. The van der Waals surface area contributed by atoms with E-state index in [9.17, 15) is 0 Å². The van der Waals surface area contributed by atoms with Crippen molar-refractivity contribution in [1.82, 2.24) is 5.32 Å². The summed E-state index contributed by atoms with van der Waals surface area (Å²) in [6.45, 7) is 0. The van der Waals surface area contributed by atoms with Crippen molar-refractivity contribution in [2.45, 2.75) is 6.17 Å². The Hall–Kier alpha value is -6.04. The second kappa shape index (κ2) is 12.0. The number of nitrogens with one attached hydrogen (secondary N) is 1. The standard InChI is InChI=1S/C43H30N4S/c1-4-15-30(16-5-1)41-44-42(35-23-12-17-29-14-10-11-22-34(29)35)46-43(45-41)37-24-13-25-38-40(37)36-27-26-33(28-39(36)48-38)47(31-18-6-2-7-19-31)32-20-8-3-9-21-32/h1-28,42H,(H,44,45,46). The highest BCUT2D eigenvalue weighted by Gasteiger charge is 2.25. The van der Waals surface area contributed by atoms with Gasteiger partial charge in [-0.2, -0.15) is 0 Å². The minimum absolute atomic E-state index is 0.295. The average Bonchev–Trinajstić information content (AvgIpc) is 3.54. The third-order valence-electron chi connectivity index (χ3n) is 8.92. The van der Waals surface area contributed by atoms with Gasteiger partial charge >= 0.3 is 0 Å². The van der Waals surface area contributed by atoms with Crippen LogP contribution in [-0.4, -0.2) is 11.7 Å². The van der Waals surface area contributed by atoms with Gasteiger partial charge in [-0.15, -0.1) is 11.3 Å². The van der Waals surface area contributed by atoms with Gasteiger partial charge in [-0.1, -0.05) is 127 Å². The van der Waals surface area contributed by atoms with E-state index in [-0.39, 0.29) is 6.17 Å². The molecule has 1 aromatic heterocycles. The number of anilines is 3. The Labute approximate surface area is 283 Å². The van der Waals surface area contributed by atoms with Gasteiger partial charge in [0.05, 0.1) is 0 Å². The molecule has 0 saturated carbocycles. The molecule has 4 nitrogen and oxygen atoms in total. The van der Waals surface area contributed by atoms with Crippen LogP contribution in [0.4, 0.5) is 17.1 Å². The monoisotopic (exact) mass is 634 g/mol. The second-order valence-corrected chi connectivity index (χ2v) is 12.9. The highest BCUT2D eigenvalue weighted by Crippen LogP contribution is 2.42. The molecule has 9 rings (SSSR count). The lowest BCUT2D eigenvalue weighted by Crippen LogP contribution is -2.33. The van der Waals surface area contributed by atoms with Gasteiger partial charge in [-0.05, 0) is 53.2 Å². The number of aliphatic imine (C=N–C) groups is 2. The fraction of sp³-hybridized carbons (Fsp3) is 0.0233. The fourth-order valence-corrected chi connectivity index (χ4v) is 7.87. The van der Waals surface area contributed by atoms with Crippen LogP contribution in [0.2, 0.25) is 0 Å². The summed E-state index contributed by atoms with van der Waals surface area (Å²) in [5.74, 6) is 1.55. The molecule has 0 aliphatic carbocycles. The first-order valence-electron chi connectivity index (χ1n) is 16.1. The van der Waals surface area contributed by atoms with Crippen molar-refractivity contribution in [2.24, 2.45) is 9.98 Å². The van der Waals surface area contributed by atoms with Crippen LogP contribution >= 0.6 is 11.3 Å². The highest BCUT2D eigenvalue weighted by atomic mass is 32.1. The fourth-order valence-electron chi connectivity index (χ4n) is 6.70. The van der Waals surface area contributed by atoms with Crippen molar-refractivity contribution >= 4 is 71.0 Å². The Morgan fingerprint density at radius 3 is 1.98 bits per heavy atom. The molecule has 228 valence electrons. The van der Waals surface area contributed by atoms with E-state index in [2.05, 4.69) is 162 Å². The van der Waals surface area contributed by atoms with E-state index in [0.717, 1.165) is 45.4 Å². The molecule has 1 aliphatic rings. The van der Waals surface area contributed by atoms with Gasteiger partial charge in [0.2, 0.25) is 0 Å². The molecule has 8 aromatic rings. The molecule has 48 heavy (non-hydrogen) atoms. The number of rotatable bonds is 6. The SMILES string of the molecule is c1ccc(C2=NC(c3cccc4ccccc34)NC(c3cccc4sc5cc(N(c6ccccc6)c6ccccc6)ccc5c34)=N2)cc1. The molecule has 7 aromatic carbocycles. The molecule has 2 heterocycles. The molecule has 1 N–H and O–H groups in total. The topological polar surface area (TPSA) is 40.0 Å². The van der Waals surface area contributed by atoms with Crippen LogP contribution in [-0.2, 0) is 0 Å². The Kier molecular flexibility index (Phi) is 7.03. The van der Waals surface area contributed by atoms with Gasteiger partial charge in [-0.3, -0.25) is 0 Å². The summed E-state index contributed by atoms with van der Waals surface area (Å²) in [6.07, 6.45) is -0.295. The zero-order valence-electron chi connectivity index (χ0n) is 26.0. The predicted molar refractivity (Wildman–Crippen MR) is 203 cm³/mol. The first kappa shape index (κ1) is 28.2. The summed E-state index contributed by atoms with van der Waals surface area (Å²) in [5.41, 5.74) is 6.56. The average molecular weight is 635 g/mol. The maximum Gasteiger partial charge on any atom is 0.159 e. The van der Waals surface area contributed by atoms with Gasteiger partial charge in [0.1, 0.15) is 12.0 Å². The molecule has 0 radical (unpaired) electrons. The van der Waals surface area contributed by atoms with Crippen molar-refractivity contribution in [2.75, 3.05) is 4.90 Å². The van der Waals surface area contributed by atoms with E-state index in [4.69, 9.17) is 9.98 Å². The quantitative estimate of drug-likeness (QED) is 0.198. The van der Waals surface area contributed by atoms with Crippen molar-refractivity contribution in [3.63, 3.8) is 0 Å². The van der Waals surface area contributed by atoms with Crippen molar-refractivity contribution in [3.05, 3.63) is 187 Å². The Morgan fingerprint density at radius 2 is 1.21 bits per heavy atom. The molecule has 5 heteroatoms. The molecule has 1 aliphatic heterocycles. The van der Waals surface area contributed by atoms with E-state index in [1.54, 1.807) is 0 Å². The van der Waals surface area contributed by atoms with E-state index < -0.39 is 0 Å². The number of thiophene rings is 1. The maximum atomic E-state index is 5.19. The summed E-state index contributed by atoms with van der Waals surface area (Å²) in [7, 11) is 0. The van der Waals surface area contributed by atoms with Crippen LogP contribution in [0.5, 0.6) is 0 Å². The van der Waals surface area contributed by atoms with Crippen molar-refractivity contribution in [1.29, 1.82) is 0 Å². The number of nitrogens with zero attached hydrogens (tertiary/aromatic N) is 3. The molecular formula is C43H30N4S. The molecule has 0 spiro atoms. The molecule has 0 fully saturated rings. The Morgan fingerprint density at radius 1 is 0.542 bits per heavy atom. The van der Waals surface area contributed by atoms with Gasteiger partial charge in [0.15, 0.2) is 5.84 Å². The molecule has 0 bridgehead atoms. The molecule has 0 amide bonds. The van der Waals surface area contributed by atoms with Crippen LogP contribution in [0, 0.1) is 0 Å². The lowest BCUT2D eigenvalue weighted by atomic mass is 10.0. The third kappa shape index (κ3) is 5.02. The summed E-state index contributed by atoms with van der Waals surface area (Å²) in [5, 5.41) is 8.55. The molecule has 1 unspecified atom stereocenters. The number of hydrogen-bond donors (Lipinski definition) is 1. The normalized spacial score (nSPS) is 14.5. The van der Waals surface area contributed by atoms with E-state index in [1.165, 1.54) is 30.9 Å². The lowest BCUT2D eigenvalue weighted by Gasteiger charge is -2.25. The summed E-state index contributed by atoms with van der Waals surface area (Å²) < 4.78 is 2.45. The molecule has 1 atom stereocenters. The van der Waals surface area contributed by atoms with Gasteiger partial charge < -0.3 is 10.2 Å². The van der Waals surface area contributed by atoms with Crippen LogP contribution in [0.25, 0.3) is 30.9 Å². The molecular weight excluding hydrogens is 605 g/mol. The number of amidine groups is 2. The smallest absolute Gasteiger partial charge is 0.159 e. The van der Waals surface area contributed by atoms with Crippen molar-refractivity contribution in [3.8, 4) is 0 Å². The first-order chi connectivity index (χ1) is 23.8. The molecule has 0 saturated heterocycles. The number of fused-ring (bicyclic) bond motifs is 4. The number of hydrogen-bond acceptors (Lipinski definition) is 5. The number of benzene rings is 7. The minimum atomic E-state index is -0.295. The second-order valence-electron chi connectivity index (χ2n) is 11.9. The largest absolute Gasteiger partial charge is 0.344 e. The highest BCUT2D eigenvalue weighted by molar-refractivity contribution is 7.26. The minimum Gasteiger partial charge on any atom is -0.344 e. The van der Waals surface area contributed by atoms with Crippen LogP contribution < -0.4 is 10.2 Å². The Balaban J connectivity index is 1.19. The lowest BCUT2D eigenvalue weighted by molar-refractivity contribution is 0.680. The van der Waals surface area contributed by atoms with Gasteiger partial charge in [-0.25, -0.2) is 9.98 Å². The van der Waals surface area contributed by atoms with Crippen molar-refractivity contribution < 1.29 is 0 Å². The van der Waals surface area contributed by atoms with Gasteiger partial charge in [0, 0.05) is 53.9 Å². The predicted octanol–water partition coefficient (Wildman–Crippen LogP) is 11.2. The van der Waals surface area contributed by atoms with E-state index >= 15 is 0 Å². The summed E-state index contributed by atoms with van der Waals surface area (Å²) in [4.78, 5) is 12.7. The van der Waals surface area contributed by atoms with Gasteiger partial charge in [0.25, 0.3) is 0 Å². The third-order valence-corrected chi connectivity index (χ3v) is 10.0. The van der Waals surface area contributed by atoms with Crippen LogP contribution in [0.1, 0.15) is 22.9 Å². The summed E-state index contributed by atoms with van der Waals surface area (Å²) >= 11 is 1.82. The zero-order valence-corrected chi connectivity index (χ0v) is 26.8. The van der Waals surface area contributed by atoms with E-state index in [0.29, 0.717) is 0 Å². The first-order valence-corrected chi connectivity index (χ1v) is 16.9. The van der Waals surface area contributed by atoms with E-state index in [1.807, 2.05) is 29.5 Å². The Bertz CT molecular complexity index is 2440. The zero-order chi connectivity index (χ0) is 31.9. The van der Waals surface area contributed by atoms with Crippen LogP contribution in [0.3, 0.4) is 0 Å².